The monoisotopic (exact) mass is 467 g/mol. The normalized spacial score (nSPS) is 12.1. The summed E-state index contributed by atoms with van der Waals surface area (Å²) in [6.45, 7) is 1.85. The van der Waals surface area contributed by atoms with E-state index in [9.17, 15) is 16.8 Å². The second-order valence-electron chi connectivity index (χ2n) is 5.91. The Labute approximate surface area is 177 Å². The Balaban J connectivity index is 0.000000542. The Morgan fingerprint density at radius 2 is 1.34 bits per heavy atom. The standard InChI is InChI=1S/C10H16N2O3S.C7H9NO3S.ClH/c1-7(11)5-8-3-4-9(15-2)10(6-8)16(12,13)14;1-11-6-4-2-3-5-7(6)12(8,9)10;/h3-4,6-7H,5,11H2,1-2H3,(H2,12,13,14);2-5H,1H3,(H2,8,9,10);1H/t7-;;/m1../s1. The topological polar surface area (TPSA) is 165 Å². The summed E-state index contributed by atoms with van der Waals surface area (Å²) in [4.78, 5) is 0.000602. The van der Waals surface area contributed by atoms with Crippen LogP contribution in [0.5, 0.6) is 11.5 Å². The largest absolute Gasteiger partial charge is 0.495 e. The summed E-state index contributed by atoms with van der Waals surface area (Å²) in [6, 6.07) is 11.0. The first kappa shape index (κ1) is 27.1. The number of nitrogens with two attached hydrogens (primary N) is 3. The molecule has 0 aliphatic rings. The van der Waals surface area contributed by atoms with E-state index in [1.54, 1.807) is 30.3 Å². The molecule has 9 nitrogen and oxygen atoms in total. The maximum Gasteiger partial charge on any atom is 0.241 e. The van der Waals surface area contributed by atoms with E-state index in [1.807, 2.05) is 6.92 Å². The number of benzene rings is 2. The maximum absolute atomic E-state index is 11.3. The molecule has 0 spiro atoms. The summed E-state index contributed by atoms with van der Waals surface area (Å²) in [6.07, 6.45) is 0.590. The van der Waals surface area contributed by atoms with Gasteiger partial charge in [-0.3, -0.25) is 0 Å². The minimum atomic E-state index is -3.77. The van der Waals surface area contributed by atoms with Gasteiger partial charge in [0.15, 0.2) is 0 Å². The van der Waals surface area contributed by atoms with Gasteiger partial charge < -0.3 is 15.2 Å². The fourth-order valence-electron chi connectivity index (χ4n) is 2.30. The van der Waals surface area contributed by atoms with E-state index in [4.69, 9.17) is 25.5 Å². The zero-order valence-corrected chi connectivity index (χ0v) is 18.7. The van der Waals surface area contributed by atoms with Gasteiger partial charge in [0, 0.05) is 6.04 Å². The predicted molar refractivity (Wildman–Crippen MR) is 113 cm³/mol. The summed E-state index contributed by atoms with van der Waals surface area (Å²) < 4.78 is 54.2. The van der Waals surface area contributed by atoms with Crippen LogP contribution >= 0.6 is 12.4 Å². The summed E-state index contributed by atoms with van der Waals surface area (Å²) in [5.74, 6) is 0.510. The van der Waals surface area contributed by atoms with Crippen molar-refractivity contribution in [2.45, 2.75) is 29.2 Å². The second-order valence-corrected chi connectivity index (χ2v) is 8.97. The summed E-state index contributed by atoms with van der Waals surface area (Å²) in [7, 11) is -4.65. The smallest absolute Gasteiger partial charge is 0.241 e. The molecule has 0 aliphatic carbocycles. The Morgan fingerprint density at radius 1 is 0.862 bits per heavy atom. The van der Waals surface area contributed by atoms with Crippen LogP contribution in [0.1, 0.15) is 12.5 Å². The number of para-hydroxylation sites is 1. The predicted octanol–water partition coefficient (Wildman–Crippen LogP) is 0.997. The molecule has 0 saturated carbocycles. The van der Waals surface area contributed by atoms with Crippen molar-refractivity contribution in [1.29, 1.82) is 0 Å². The maximum atomic E-state index is 11.3. The minimum Gasteiger partial charge on any atom is -0.495 e. The minimum absolute atomic E-state index is 0. The third kappa shape index (κ3) is 8.56. The Morgan fingerprint density at radius 3 is 1.76 bits per heavy atom. The molecule has 2 aromatic carbocycles. The lowest BCUT2D eigenvalue weighted by Crippen LogP contribution is -2.19. The first-order valence-electron chi connectivity index (χ1n) is 8.01. The summed E-state index contributed by atoms with van der Waals surface area (Å²) in [5, 5.41) is 10.0. The van der Waals surface area contributed by atoms with Gasteiger partial charge in [0.05, 0.1) is 14.2 Å². The zero-order chi connectivity index (χ0) is 21.5. The number of rotatable bonds is 6. The molecular formula is C17H26ClN3O6S2. The molecule has 2 aromatic rings. The molecular weight excluding hydrogens is 442 g/mol. The van der Waals surface area contributed by atoms with Crippen LogP contribution in [0.25, 0.3) is 0 Å². The zero-order valence-electron chi connectivity index (χ0n) is 16.2. The Hall–Kier alpha value is -1.89. The molecule has 0 bridgehead atoms. The molecule has 29 heavy (non-hydrogen) atoms. The van der Waals surface area contributed by atoms with Gasteiger partial charge in [0.25, 0.3) is 0 Å². The van der Waals surface area contributed by atoms with Crippen molar-refractivity contribution in [3.05, 3.63) is 48.0 Å². The molecule has 0 heterocycles. The van der Waals surface area contributed by atoms with Gasteiger partial charge in [-0.1, -0.05) is 18.2 Å². The first-order valence-corrected chi connectivity index (χ1v) is 11.1. The van der Waals surface area contributed by atoms with Crippen molar-refractivity contribution in [3.8, 4) is 11.5 Å². The van der Waals surface area contributed by atoms with Gasteiger partial charge in [-0.05, 0) is 43.2 Å². The molecule has 164 valence electrons. The SMILES string of the molecule is COc1ccc(C[C@@H](C)N)cc1S(N)(=O)=O.COc1ccccc1S(N)(=O)=O.Cl. The number of hydrogen-bond donors (Lipinski definition) is 3. The lowest BCUT2D eigenvalue weighted by molar-refractivity contribution is 0.402. The van der Waals surface area contributed by atoms with Crippen LogP contribution in [0, 0.1) is 0 Å². The molecule has 0 aliphatic heterocycles. The van der Waals surface area contributed by atoms with Crippen molar-refractivity contribution in [1.82, 2.24) is 0 Å². The number of ether oxygens (including phenoxy) is 2. The number of halogens is 1. The highest BCUT2D eigenvalue weighted by molar-refractivity contribution is 7.89. The second kappa shape index (κ2) is 11.3. The fourth-order valence-corrected chi connectivity index (χ4v) is 3.74. The van der Waals surface area contributed by atoms with Gasteiger partial charge in [-0.15, -0.1) is 12.4 Å². The molecule has 0 radical (unpaired) electrons. The highest BCUT2D eigenvalue weighted by atomic mass is 35.5. The molecule has 0 unspecified atom stereocenters. The van der Waals surface area contributed by atoms with E-state index in [0.29, 0.717) is 6.42 Å². The lowest BCUT2D eigenvalue weighted by Gasteiger charge is -2.10. The van der Waals surface area contributed by atoms with Gasteiger partial charge in [-0.2, -0.15) is 0 Å². The van der Waals surface area contributed by atoms with Crippen molar-refractivity contribution < 1.29 is 26.3 Å². The molecule has 0 fully saturated rings. The summed E-state index contributed by atoms with van der Waals surface area (Å²) >= 11 is 0. The van der Waals surface area contributed by atoms with Crippen molar-refractivity contribution in [2.24, 2.45) is 16.0 Å². The van der Waals surface area contributed by atoms with E-state index >= 15 is 0 Å². The fraction of sp³-hybridized carbons (Fsp3) is 0.294. The molecule has 12 heteroatoms. The average Bonchev–Trinajstić information content (AvgIpc) is 2.60. The first-order chi connectivity index (χ1) is 12.9. The van der Waals surface area contributed by atoms with Crippen LogP contribution in [0.15, 0.2) is 52.3 Å². The van der Waals surface area contributed by atoms with E-state index in [1.165, 1.54) is 26.4 Å². The molecule has 0 aromatic heterocycles. The van der Waals surface area contributed by atoms with E-state index in [2.05, 4.69) is 0 Å². The average molecular weight is 468 g/mol. The highest BCUT2D eigenvalue weighted by Crippen LogP contribution is 2.24. The highest BCUT2D eigenvalue weighted by Gasteiger charge is 2.16. The molecule has 0 saturated heterocycles. The quantitative estimate of drug-likeness (QED) is 0.569. The third-order valence-electron chi connectivity index (χ3n) is 3.47. The van der Waals surface area contributed by atoms with Crippen LogP contribution in [-0.2, 0) is 26.5 Å². The summed E-state index contributed by atoms with van der Waals surface area (Å²) in [5.41, 5.74) is 6.46. The van der Waals surface area contributed by atoms with E-state index < -0.39 is 20.0 Å². The van der Waals surface area contributed by atoms with Crippen LogP contribution in [-0.4, -0.2) is 37.1 Å². The number of sulfonamides is 2. The van der Waals surface area contributed by atoms with E-state index in [0.717, 1.165) is 5.56 Å². The number of primary sulfonamides is 2. The molecule has 0 amide bonds. The third-order valence-corrected chi connectivity index (χ3v) is 5.35. The van der Waals surface area contributed by atoms with Crippen molar-refractivity contribution >= 4 is 32.5 Å². The number of methoxy groups -OCH3 is 2. The Bertz CT molecular complexity index is 1010. The van der Waals surface area contributed by atoms with Crippen LogP contribution in [0.2, 0.25) is 0 Å². The van der Waals surface area contributed by atoms with Gasteiger partial charge in [0.2, 0.25) is 20.0 Å². The van der Waals surface area contributed by atoms with Gasteiger partial charge >= 0.3 is 0 Å². The lowest BCUT2D eigenvalue weighted by atomic mass is 10.1. The van der Waals surface area contributed by atoms with Crippen LogP contribution in [0.4, 0.5) is 0 Å². The number of hydrogen-bond acceptors (Lipinski definition) is 7. The molecule has 6 N–H and O–H groups in total. The van der Waals surface area contributed by atoms with Crippen LogP contribution < -0.4 is 25.5 Å². The molecule has 1 atom stereocenters. The van der Waals surface area contributed by atoms with Crippen molar-refractivity contribution in [2.75, 3.05) is 14.2 Å². The Kier molecular flexibility index (Phi) is 10.6. The van der Waals surface area contributed by atoms with Gasteiger partial charge in [0.1, 0.15) is 21.3 Å². The van der Waals surface area contributed by atoms with Crippen molar-refractivity contribution in [3.63, 3.8) is 0 Å². The van der Waals surface area contributed by atoms with Crippen LogP contribution in [0.3, 0.4) is 0 Å². The van der Waals surface area contributed by atoms with E-state index in [-0.39, 0.29) is 39.7 Å². The van der Waals surface area contributed by atoms with Gasteiger partial charge in [-0.25, -0.2) is 27.1 Å². The molecule has 2 rings (SSSR count).